The predicted molar refractivity (Wildman–Crippen MR) is 206 cm³/mol. The third-order valence-electron chi connectivity index (χ3n) is 11.0. The molecule has 6 unspecified atom stereocenters. The van der Waals surface area contributed by atoms with Gasteiger partial charge in [-0.2, -0.15) is 0 Å². The Bertz CT molecular complexity index is 1150. The minimum absolute atomic E-state index is 0.0379. The standard InChI is InChI=1S/C40H73N5O8/c1-13-29(8)37(31(52-11)24-30(18-17-22-41-25-46)38(53-12)28(6)7)44(10)40(51)35(26(2)3)42-39(50)36(27(4)5)43(9)32(47)19-15-14-16-23-45-33(48)20-21-34(45)49/h25-31,35-38H,13-24H2,1-12H3,(H,41,46)(H,42,50)/t29?,30?,31?,35-,36?,37?,38?/m0/s1. The molecule has 1 saturated heterocycles. The van der Waals surface area contributed by atoms with E-state index in [9.17, 15) is 28.8 Å². The van der Waals surface area contributed by atoms with Crippen LogP contribution in [0.15, 0.2) is 0 Å². The van der Waals surface area contributed by atoms with Crippen LogP contribution in [0.1, 0.15) is 120 Å². The molecule has 0 radical (unpaired) electrons. The zero-order valence-electron chi connectivity index (χ0n) is 34.9. The molecule has 306 valence electrons. The number of amides is 6. The van der Waals surface area contributed by atoms with E-state index in [0.717, 1.165) is 19.3 Å². The minimum Gasteiger partial charge on any atom is -0.381 e. The van der Waals surface area contributed by atoms with E-state index in [1.807, 2.05) is 27.7 Å². The Morgan fingerprint density at radius 1 is 0.849 bits per heavy atom. The number of likely N-dealkylation sites (tertiary alicyclic amines) is 1. The van der Waals surface area contributed by atoms with E-state index in [0.29, 0.717) is 45.2 Å². The van der Waals surface area contributed by atoms with Crippen LogP contribution in [-0.4, -0.2) is 122 Å². The fraction of sp³-hybridized carbons (Fsp3) is 0.850. The molecule has 1 aliphatic heterocycles. The van der Waals surface area contributed by atoms with Gasteiger partial charge in [0.05, 0.1) is 18.2 Å². The zero-order chi connectivity index (χ0) is 40.4. The molecule has 13 heteroatoms. The van der Waals surface area contributed by atoms with E-state index in [2.05, 4.69) is 38.3 Å². The van der Waals surface area contributed by atoms with Crippen LogP contribution in [0.2, 0.25) is 0 Å². The predicted octanol–water partition coefficient (Wildman–Crippen LogP) is 4.41. The molecule has 7 atom stereocenters. The van der Waals surface area contributed by atoms with Crippen LogP contribution in [0.5, 0.6) is 0 Å². The van der Waals surface area contributed by atoms with Crippen LogP contribution in [0.4, 0.5) is 0 Å². The Kier molecular flexibility index (Phi) is 22.1. The summed E-state index contributed by atoms with van der Waals surface area (Å²) in [6.07, 6.45) is 6.05. The number of unbranched alkanes of at least 4 members (excludes halogenated alkanes) is 2. The van der Waals surface area contributed by atoms with Gasteiger partial charge in [0, 0.05) is 60.7 Å². The third-order valence-corrected chi connectivity index (χ3v) is 11.0. The SMILES string of the molecule is CCC(C)C(C(CC(CCCNC=O)C(OC)C(C)C)OC)N(C)C(=O)[C@@H](NC(=O)C(C(C)C)N(C)C(=O)CCCCCN1C(=O)CCC1=O)C(C)C. The fourth-order valence-corrected chi connectivity index (χ4v) is 7.83. The first kappa shape index (κ1) is 48.0. The van der Waals surface area contributed by atoms with Gasteiger partial charge in [0.1, 0.15) is 12.1 Å². The Morgan fingerprint density at radius 3 is 1.96 bits per heavy atom. The summed E-state index contributed by atoms with van der Waals surface area (Å²) in [7, 11) is 6.82. The molecule has 6 amide bonds. The average Bonchev–Trinajstić information content (AvgIpc) is 3.43. The number of rotatable bonds is 27. The second-order valence-electron chi connectivity index (χ2n) is 15.9. The highest BCUT2D eigenvalue weighted by molar-refractivity contribution is 6.01. The van der Waals surface area contributed by atoms with Gasteiger partial charge in [0.25, 0.3) is 0 Å². The van der Waals surface area contributed by atoms with Crippen LogP contribution in [0, 0.1) is 29.6 Å². The van der Waals surface area contributed by atoms with E-state index < -0.39 is 12.1 Å². The molecule has 1 fully saturated rings. The number of likely N-dealkylation sites (N-methyl/N-ethyl adjacent to an activating group) is 2. The summed E-state index contributed by atoms with van der Waals surface area (Å²) in [5.41, 5.74) is 0. The summed E-state index contributed by atoms with van der Waals surface area (Å²) >= 11 is 0. The van der Waals surface area contributed by atoms with Gasteiger partial charge in [-0.05, 0) is 61.7 Å². The van der Waals surface area contributed by atoms with Crippen molar-refractivity contribution in [2.45, 2.75) is 150 Å². The Hall–Kier alpha value is -3.06. The van der Waals surface area contributed by atoms with Gasteiger partial charge in [-0.25, -0.2) is 0 Å². The molecule has 0 aromatic rings. The van der Waals surface area contributed by atoms with Crippen LogP contribution in [0.3, 0.4) is 0 Å². The average molecular weight is 752 g/mol. The quantitative estimate of drug-likeness (QED) is 0.0711. The summed E-state index contributed by atoms with van der Waals surface area (Å²) in [6, 6.07) is -1.90. The first-order valence-corrected chi connectivity index (χ1v) is 19.9. The van der Waals surface area contributed by atoms with E-state index in [1.54, 1.807) is 33.2 Å². The van der Waals surface area contributed by atoms with Crippen molar-refractivity contribution in [2.24, 2.45) is 29.6 Å². The van der Waals surface area contributed by atoms with Crippen molar-refractivity contribution in [3.63, 3.8) is 0 Å². The Morgan fingerprint density at radius 2 is 1.47 bits per heavy atom. The van der Waals surface area contributed by atoms with Crippen molar-refractivity contribution in [1.29, 1.82) is 0 Å². The van der Waals surface area contributed by atoms with Gasteiger partial charge >= 0.3 is 0 Å². The number of hydrogen-bond donors (Lipinski definition) is 2. The van der Waals surface area contributed by atoms with Crippen molar-refractivity contribution in [3.05, 3.63) is 0 Å². The number of ether oxygens (including phenoxy) is 2. The molecule has 0 aliphatic carbocycles. The number of carbonyl (C=O) groups is 6. The summed E-state index contributed by atoms with van der Waals surface area (Å²) in [6.45, 7) is 17.0. The monoisotopic (exact) mass is 752 g/mol. The lowest BCUT2D eigenvalue weighted by Gasteiger charge is -2.42. The van der Waals surface area contributed by atoms with Crippen LogP contribution < -0.4 is 10.6 Å². The minimum atomic E-state index is -0.829. The molecule has 1 rings (SSSR count). The van der Waals surface area contributed by atoms with E-state index in [-0.39, 0.29) is 96.6 Å². The topological polar surface area (TPSA) is 155 Å². The lowest BCUT2D eigenvalue weighted by molar-refractivity contribution is -0.146. The fourth-order valence-electron chi connectivity index (χ4n) is 7.83. The van der Waals surface area contributed by atoms with Gasteiger partial charge in [-0.15, -0.1) is 0 Å². The second-order valence-corrected chi connectivity index (χ2v) is 15.9. The van der Waals surface area contributed by atoms with E-state index >= 15 is 0 Å². The largest absolute Gasteiger partial charge is 0.381 e. The van der Waals surface area contributed by atoms with Crippen molar-refractivity contribution in [2.75, 3.05) is 41.4 Å². The number of imide groups is 1. The molecule has 1 aliphatic rings. The number of nitrogens with zero attached hydrogens (tertiary/aromatic N) is 3. The van der Waals surface area contributed by atoms with Crippen LogP contribution in [-0.2, 0) is 38.2 Å². The molecule has 53 heavy (non-hydrogen) atoms. The van der Waals surface area contributed by atoms with Crippen LogP contribution >= 0.6 is 0 Å². The summed E-state index contributed by atoms with van der Waals surface area (Å²) in [5.74, 6) is -1.04. The normalized spacial score (nSPS) is 17.4. The smallest absolute Gasteiger partial charge is 0.245 e. The Labute approximate surface area is 320 Å². The third kappa shape index (κ3) is 14.6. The lowest BCUT2D eigenvalue weighted by atomic mass is 9.81. The van der Waals surface area contributed by atoms with Gasteiger partial charge in [0.15, 0.2) is 0 Å². The van der Waals surface area contributed by atoms with Crippen molar-refractivity contribution in [3.8, 4) is 0 Å². The maximum atomic E-state index is 14.4. The van der Waals surface area contributed by atoms with E-state index in [4.69, 9.17) is 9.47 Å². The summed E-state index contributed by atoms with van der Waals surface area (Å²) in [5, 5.41) is 5.78. The maximum absolute atomic E-state index is 14.4. The Balaban J connectivity index is 3.13. The summed E-state index contributed by atoms with van der Waals surface area (Å²) < 4.78 is 12.2. The number of carbonyl (C=O) groups excluding carboxylic acids is 6. The molecular weight excluding hydrogens is 678 g/mol. The van der Waals surface area contributed by atoms with Gasteiger partial charge < -0.3 is 29.9 Å². The molecule has 2 N–H and O–H groups in total. The first-order valence-electron chi connectivity index (χ1n) is 19.9. The lowest BCUT2D eigenvalue weighted by Crippen LogP contribution is -2.60. The highest BCUT2D eigenvalue weighted by Crippen LogP contribution is 2.31. The molecule has 1 heterocycles. The van der Waals surface area contributed by atoms with Crippen LogP contribution in [0.25, 0.3) is 0 Å². The van der Waals surface area contributed by atoms with Gasteiger partial charge in [0.2, 0.25) is 35.9 Å². The molecular formula is C40H73N5O8. The first-order chi connectivity index (χ1) is 25.0. The molecule has 0 spiro atoms. The molecule has 0 aromatic carbocycles. The number of hydrogen-bond acceptors (Lipinski definition) is 8. The van der Waals surface area contributed by atoms with E-state index in [1.165, 1.54) is 9.80 Å². The van der Waals surface area contributed by atoms with Gasteiger partial charge in [-0.3, -0.25) is 33.7 Å². The van der Waals surface area contributed by atoms with Crippen molar-refractivity contribution in [1.82, 2.24) is 25.3 Å². The maximum Gasteiger partial charge on any atom is 0.245 e. The molecule has 0 saturated carbocycles. The number of methoxy groups -OCH3 is 2. The molecule has 0 bridgehead atoms. The second kappa shape index (κ2) is 24.4. The number of nitrogens with one attached hydrogen (secondary N) is 2. The summed E-state index contributed by atoms with van der Waals surface area (Å²) in [4.78, 5) is 80.8. The zero-order valence-corrected chi connectivity index (χ0v) is 34.9. The molecule has 13 nitrogen and oxygen atoms in total. The van der Waals surface area contributed by atoms with Gasteiger partial charge in [-0.1, -0.05) is 68.2 Å². The molecule has 0 aromatic heterocycles. The highest BCUT2D eigenvalue weighted by atomic mass is 16.5. The van der Waals surface area contributed by atoms with Crippen molar-refractivity contribution >= 4 is 35.9 Å². The highest BCUT2D eigenvalue weighted by Gasteiger charge is 2.40. The van der Waals surface area contributed by atoms with Crippen molar-refractivity contribution < 1.29 is 38.2 Å².